The summed E-state index contributed by atoms with van der Waals surface area (Å²) in [7, 11) is 0. The molecule has 1 aromatic heterocycles. The van der Waals surface area contributed by atoms with E-state index in [2.05, 4.69) is 31.2 Å². The van der Waals surface area contributed by atoms with Crippen LogP contribution in [0.2, 0.25) is 0 Å². The lowest BCUT2D eigenvalue weighted by Gasteiger charge is -2.38. The molecule has 1 aliphatic rings. The molecule has 0 spiro atoms. The molecular weight excluding hydrogens is 264 g/mol. The van der Waals surface area contributed by atoms with Gasteiger partial charge in [-0.1, -0.05) is 18.5 Å². The fourth-order valence-electron chi connectivity index (χ4n) is 2.39. The summed E-state index contributed by atoms with van der Waals surface area (Å²) in [5, 5.41) is 13.0. The second-order valence-corrected chi connectivity index (χ2v) is 5.33. The normalized spacial score (nSPS) is 19.6. The summed E-state index contributed by atoms with van der Waals surface area (Å²) in [6, 6.07) is 0.0339. The van der Waals surface area contributed by atoms with E-state index in [0.717, 1.165) is 44.2 Å². The average molecular weight is 284 g/mol. The molecule has 2 rings (SSSR count). The van der Waals surface area contributed by atoms with Crippen LogP contribution in [-0.4, -0.2) is 57.5 Å². The Hall–Kier alpha value is -1.41. The van der Waals surface area contributed by atoms with Gasteiger partial charge in [-0.15, -0.1) is 0 Å². The molecule has 0 radical (unpaired) electrons. The Labute approximate surface area is 116 Å². The number of anilines is 1. The number of rotatable bonds is 5. The van der Waals surface area contributed by atoms with Crippen LogP contribution in [0.15, 0.2) is 11.5 Å². The van der Waals surface area contributed by atoms with E-state index in [9.17, 15) is 0 Å². The molecular formula is C11H20N6OS. The molecule has 0 amide bonds. The lowest BCUT2D eigenvalue weighted by molar-refractivity contribution is 0.211. The van der Waals surface area contributed by atoms with E-state index in [0.29, 0.717) is 5.84 Å². The van der Waals surface area contributed by atoms with Crippen LogP contribution < -0.4 is 10.6 Å². The quantitative estimate of drug-likeness (QED) is 0.356. The first-order valence-corrected chi connectivity index (χ1v) is 7.26. The van der Waals surface area contributed by atoms with Gasteiger partial charge in [0.1, 0.15) is 6.33 Å². The molecule has 1 fully saturated rings. The monoisotopic (exact) mass is 284 g/mol. The van der Waals surface area contributed by atoms with Crippen LogP contribution in [-0.2, 0) is 0 Å². The van der Waals surface area contributed by atoms with Crippen molar-refractivity contribution in [3.8, 4) is 0 Å². The number of piperazine rings is 1. The van der Waals surface area contributed by atoms with Crippen molar-refractivity contribution in [3.05, 3.63) is 6.33 Å². The van der Waals surface area contributed by atoms with E-state index in [1.54, 1.807) is 6.33 Å². The summed E-state index contributed by atoms with van der Waals surface area (Å²) < 4.78 is 4.03. The molecule has 19 heavy (non-hydrogen) atoms. The second kappa shape index (κ2) is 6.67. The molecule has 0 saturated carbocycles. The molecule has 1 saturated heterocycles. The van der Waals surface area contributed by atoms with Crippen LogP contribution in [0.3, 0.4) is 0 Å². The standard InChI is InChI=1S/C11H20N6OS/c1-2-3-9(10(12)15-18)16-4-6-17(7-5-16)11-13-8-14-19-11/h8-9,18H,2-7H2,1H3,(H2,12,15). The summed E-state index contributed by atoms with van der Waals surface area (Å²) in [5.41, 5.74) is 5.79. The average Bonchev–Trinajstić information content (AvgIpc) is 2.98. The van der Waals surface area contributed by atoms with E-state index in [1.807, 2.05) is 0 Å². The van der Waals surface area contributed by atoms with E-state index in [1.165, 1.54) is 11.5 Å². The molecule has 8 heteroatoms. The van der Waals surface area contributed by atoms with Gasteiger partial charge in [-0.25, -0.2) is 4.98 Å². The van der Waals surface area contributed by atoms with E-state index >= 15 is 0 Å². The maximum absolute atomic E-state index is 8.87. The van der Waals surface area contributed by atoms with Gasteiger partial charge in [0.25, 0.3) is 0 Å². The predicted molar refractivity (Wildman–Crippen MR) is 75.8 cm³/mol. The van der Waals surface area contributed by atoms with Gasteiger partial charge in [0.05, 0.1) is 6.04 Å². The molecule has 0 aliphatic carbocycles. The number of aromatic nitrogens is 2. The lowest BCUT2D eigenvalue weighted by atomic mass is 10.1. The minimum Gasteiger partial charge on any atom is -0.409 e. The van der Waals surface area contributed by atoms with Crippen molar-refractivity contribution in [3.63, 3.8) is 0 Å². The van der Waals surface area contributed by atoms with Crippen molar-refractivity contribution in [2.24, 2.45) is 10.9 Å². The Bertz CT molecular complexity index is 401. The van der Waals surface area contributed by atoms with Crippen LogP contribution in [0.4, 0.5) is 5.13 Å². The van der Waals surface area contributed by atoms with Crippen molar-refractivity contribution in [2.75, 3.05) is 31.1 Å². The number of hydrogen-bond acceptors (Lipinski definition) is 7. The molecule has 1 unspecified atom stereocenters. The lowest BCUT2D eigenvalue weighted by Crippen LogP contribution is -2.54. The van der Waals surface area contributed by atoms with Gasteiger partial charge in [-0.05, 0) is 6.42 Å². The summed E-state index contributed by atoms with van der Waals surface area (Å²) >= 11 is 1.42. The molecule has 0 bridgehead atoms. The van der Waals surface area contributed by atoms with Crippen molar-refractivity contribution < 1.29 is 5.21 Å². The zero-order valence-corrected chi connectivity index (χ0v) is 11.9. The third-order valence-electron chi connectivity index (χ3n) is 3.39. The minimum atomic E-state index is 0.0339. The Morgan fingerprint density at radius 2 is 2.26 bits per heavy atom. The zero-order valence-electron chi connectivity index (χ0n) is 11.1. The SMILES string of the molecule is CCCC(C(N)=NO)N1CCN(c2ncns2)CC1. The number of amidine groups is 1. The van der Waals surface area contributed by atoms with E-state index in [-0.39, 0.29) is 6.04 Å². The summed E-state index contributed by atoms with van der Waals surface area (Å²) in [4.78, 5) is 8.72. The van der Waals surface area contributed by atoms with E-state index < -0.39 is 0 Å². The number of nitrogens with two attached hydrogens (primary N) is 1. The fourth-order valence-corrected chi connectivity index (χ4v) is 2.97. The maximum atomic E-state index is 8.87. The smallest absolute Gasteiger partial charge is 0.205 e. The summed E-state index contributed by atoms with van der Waals surface area (Å²) in [6.45, 7) is 5.68. The van der Waals surface area contributed by atoms with Crippen molar-refractivity contribution in [2.45, 2.75) is 25.8 Å². The van der Waals surface area contributed by atoms with Crippen molar-refractivity contribution in [1.29, 1.82) is 0 Å². The predicted octanol–water partition coefficient (Wildman–Crippen LogP) is 0.575. The Morgan fingerprint density at radius 3 is 2.79 bits per heavy atom. The topological polar surface area (TPSA) is 90.9 Å². The fraction of sp³-hybridized carbons (Fsp3) is 0.727. The van der Waals surface area contributed by atoms with Crippen molar-refractivity contribution in [1.82, 2.24) is 14.3 Å². The van der Waals surface area contributed by atoms with Gasteiger partial charge in [0, 0.05) is 37.7 Å². The van der Waals surface area contributed by atoms with Crippen LogP contribution in [0, 0.1) is 0 Å². The van der Waals surface area contributed by atoms with Crippen LogP contribution in [0.1, 0.15) is 19.8 Å². The van der Waals surface area contributed by atoms with Gasteiger partial charge in [0.15, 0.2) is 5.84 Å². The van der Waals surface area contributed by atoms with Gasteiger partial charge in [-0.2, -0.15) is 4.37 Å². The van der Waals surface area contributed by atoms with Gasteiger partial charge < -0.3 is 15.8 Å². The number of oxime groups is 1. The minimum absolute atomic E-state index is 0.0339. The highest BCUT2D eigenvalue weighted by molar-refractivity contribution is 7.09. The molecule has 7 nitrogen and oxygen atoms in total. The molecule has 1 atom stereocenters. The highest BCUT2D eigenvalue weighted by Gasteiger charge is 2.26. The summed E-state index contributed by atoms with van der Waals surface area (Å²) in [5.74, 6) is 0.311. The molecule has 0 aromatic carbocycles. The van der Waals surface area contributed by atoms with Gasteiger partial charge >= 0.3 is 0 Å². The third-order valence-corrected chi connectivity index (χ3v) is 4.12. The largest absolute Gasteiger partial charge is 0.409 e. The first kappa shape index (κ1) is 14.0. The van der Waals surface area contributed by atoms with Gasteiger partial charge in [0.2, 0.25) is 5.13 Å². The molecule has 3 N–H and O–H groups in total. The van der Waals surface area contributed by atoms with Crippen LogP contribution in [0.25, 0.3) is 0 Å². The number of nitrogens with zero attached hydrogens (tertiary/aromatic N) is 5. The summed E-state index contributed by atoms with van der Waals surface area (Å²) in [6.07, 6.45) is 3.51. The van der Waals surface area contributed by atoms with Crippen LogP contribution >= 0.6 is 11.5 Å². The third kappa shape index (κ3) is 3.32. The maximum Gasteiger partial charge on any atom is 0.205 e. The Morgan fingerprint density at radius 1 is 1.53 bits per heavy atom. The molecule has 1 aromatic rings. The first-order chi connectivity index (χ1) is 9.26. The Kier molecular flexibility index (Phi) is 4.92. The highest BCUT2D eigenvalue weighted by Crippen LogP contribution is 2.18. The molecule has 1 aliphatic heterocycles. The Balaban J connectivity index is 1.94. The van der Waals surface area contributed by atoms with Crippen LogP contribution in [0.5, 0.6) is 0 Å². The van der Waals surface area contributed by atoms with Crippen molar-refractivity contribution >= 4 is 22.5 Å². The zero-order chi connectivity index (χ0) is 13.7. The first-order valence-electron chi connectivity index (χ1n) is 6.49. The molecule has 106 valence electrons. The number of hydrogen-bond donors (Lipinski definition) is 2. The van der Waals surface area contributed by atoms with Gasteiger partial charge in [-0.3, -0.25) is 4.90 Å². The molecule has 2 heterocycles. The highest BCUT2D eigenvalue weighted by atomic mass is 32.1. The second-order valence-electron chi connectivity index (χ2n) is 4.58. The van der Waals surface area contributed by atoms with E-state index in [4.69, 9.17) is 10.9 Å².